The smallest absolute Gasteiger partial charge is 0.304 e. The quantitative estimate of drug-likeness (QED) is 0.136. The van der Waals surface area contributed by atoms with Crippen molar-refractivity contribution >= 4 is 27.6 Å². The van der Waals surface area contributed by atoms with E-state index in [4.69, 9.17) is 26.6 Å². The molecule has 2 rings (SSSR count). The van der Waals surface area contributed by atoms with Gasteiger partial charge in [0.15, 0.2) is 5.88 Å². The zero-order valence-electron chi connectivity index (χ0n) is 26.0. The second-order valence-electron chi connectivity index (χ2n) is 11.7. The Morgan fingerprint density at radius 1 is 1.21 bits per heavy atom. The van der Waals surface area contributed by atoms with E-state index in [-0.39, 0.29) is 24.4 Å². The predicted molar refractivity (Wildman–Crippen MR) is 169 cm³/mol. The summed E-state index contributed by atoms with van der Waals surface area (Å²) in [5.41, 5.74) is 0. The van der Waals surface area contributed by atoms with Crippen LogP contribution < -0.4 is 10.5 Å². The Morgan fingerprint density at radius 3 is 2.45 bits per heavy atom. The van der Waals surface area contributed by atoms with Crippen LogP contribution in [0.4, 0.5) is 0 Å². The summed E-state index contributed by atoms with van der Waals surface area (Å²) in [6.45, 7) is 18.6. The van der Waals surface area contributed by atoms with Crippen LogP contribution in [0.5, 0.6) is 0 Å². The van der Waals surface area contributed by atoms with Crippen LogP contribution in [0.3, 0.4) is 0 Å². The van der Waals surface area contributed by atoms with Gasteiger partial charge in [-0.25, -0.2) is 13.6 Å². The van der Waals surface area contributed by atoms with Gasteiger partial charge in [0, 0.05) is 63.9 Å². The first-order valence-corrected chi connectivity index (χ1v) is 17.5. The number of nitrogens with zero attached hydrogens (tertiary/aromatic N) is 4. The number of likely N-dealkylation sites (tertiary alicyclic amines) is 1. The molecule has 0 aromatic heterocycles. The number of hydrogen-bond acceptors (Lipinski definition) is 9. The highest BCUT2D eigenvalue weighted by Crippen LogP contribution is 2.22. The zero-order valence-corrected chi connectivity index (χ0v) is 27.5. The molecular formula is C29H55ClN6O5S. The lowest BCUT2D eigenvalue weighted by Crippen LogP contribution is -2.55. The third-order valence-corrected chi connectivity index (χ3v) is 9.11. The van der Waals surface area contributed by atoms with E-state index in [1.54, 1.807) is 0 Å². The zero-order chi connectivity index (χ0) is 31.1. The van der Waals surface area contributed by atoms with Crippen molar-refractivity contribution in [3.8, 4) is 0 Å². The molecule has 11 nitrogen and oxygen atoms in total. The van der Waals surface area contributed by atoms with E-state index in [0.717, 1.165) is 82.9 Å². The first-order chi connectivity index (χ1) is 19.9. The fraction of sp³-hybridized carbons (Fsp3) is 0.828. The Labute approximate surface area is 259 Å². The SMILES string of the molecule is C=C(OC(C)CNC(CC)N1CCN(CCC(=O)O)CC1)N(CCC/C=C(\C)Cl)CN1CCC(CCS(N)(=O)=O)CC1. The average molecular weight is 635 g/mol. The van der Waals surface area contributed by atoms with E-state index < -0.39 is 16.0 Å². The molecule has 0 saturated carbocycles. The lowest BCUT2D eigenvalue weighted by Gasteiger charge is -2.40. The van der Waals surface area contributed by atoms with Crippen LogP contribution in [-0.4, -0.2) is 123 Å². The van der Waals surface area contributed by atoms with Crippen LogP contribution in [0.1, 0.15) is 65.7 Å². The van der Waals surface area contributed by atoms with E-state index in [1.165, 1.54) is 0 Å². The third kappa shape index (κ3) is 15.4. The van der Waals surface area contributed by atoms with Gasteiger partial charge in [-0.05, 0) is 64.9 Å². The number of carboxylic acid groups (broad SMARTS) is 1. The number of aliphatic carboxylic acids is 1. The summed E-state index contributed by atoms with van der Waals surface area (Å²) in [6.07, 6.45) is 7.71. The number of halogens is 1. The average Bonchev–Trinajstić information content (AvgIpc) is 2.93. The number of carboxylic acids is 1. The Bertz CT molecular complexity index is 948. The Morgan fingerprint density at radius 2 is 1.88 bits per heavy atom. The van der Waals surface area contributed by atoms with Crippen molar-refractivity contribution in [3.63, 3.8) is 0 Å². The highest BCUT2D eigenvalue weighted by molar-refractivity contribution is 7.89. The molecule has 2 aliphatic rings. The third-order valence-electron chi connectivity index (χ3n) is 8.15. The second kappa shape index (κ2) is 19.1. The number of rotatable bonds is 20. The summed E-state index contributed by atoms with van der Waals surface area (Å²) in [5.74, 6) is 0.349. The summed E-state index contributed by atoms with van der Waals surface area (Å²) in [4.78, 5) is 20.1. The molecule has 244 valence electrons. The molecule has 0 aromatic carbocycles. The van der Waals surface area contributed by atoms with Crippen molar-refractivity contribution in [1.82, 2.24) is 24.9 Å². The summed E-state index contributed by atoms with van der Waals surface area (Å²) in [5, 5.41) is 18.6. The molecule has 4 N–H and O–H groups in total. The van der Waals surface area contributed by atoms with Crippen LogP contribution in [0, 0.1) is 5.92 Å². The lowest BCUT2D eigenvalue weighted by atomic mass is 9.94. The maximum Gasteiger partial charge on any atom is 0.304 e. The minimum atomic E-state index is -3.42. The van der Waals surface area contributed by atoms with Gasteiger partial charge in [0.25, 0.3) is 0 Å². The summed E-state index contributed by atoms with van der Waals surface area (Å²) < 4.78 is 29.0. The molecule has 2 aliphatic heterocycles. The molecule has 0 aliphatic carbocycles. The lowest BCUT2D eigenvalue weighted by molar-refractivity contribution is -0.137. The maximum absolute atomic E-state index is 11.3. The van der Waals surface area contributed by atoms with Crippen molar-refractivity contribution in [2.75, 3.05) is 71.3 Å². The van der Waals surface area contributed by atoms with Gasteiger partial charge in [-0.15, -0.1) is 0 Å². The number of piperazine rings is 1. The molecule has 2 atom stereocenters. The van der Waals surface area contributed by atoms with Gasteiger partial charge >= 0.3 is 5.97 Å². The summed E-state index contributed by atoms with van der Waals surface area (Å²) in [6, 6.07) is 0. The number of sulfonamides is 1. The number of hydrogen-bond donors (Lipinski definition) is 3. The summed E-state index contributed by atoms with van der Waals surface area (Å²) >= 11 is 6.03. The predicted octanol–water partition coefficient (Wildman–Crippen LogP) is 2.85. The van der Waals surface area contributed by atoms with Gasteiger partial charge in [-0.2, -0.15) is 0 Å². The Kier molecular flexibility index (Phi) is 16.7. The van der Waals surface area contributed by atoms with E-state index in [1.807, 2.05) is 13.0 Å². The molecule has 2 fully saturated rings. The largest absolute Gasteiger partial charge is 0.481 e. The minimum absolute atomic E-state index is 0.0513. The topological polar surface area (TPSA) is 132 Å². The van der Waals surface area contributed by atoms with Gasteiger partial charge in [0.05, 0.1) is 25.0 Å². The van der Waals surface area contributed by atoms with E-state index >= 15 is 0 Å². The number of nitrogens with two attached hydrogens (primary N) is 1. The van der Waals surface area contributed by atoms with Crippen LogP contribution in [0.2, 0.25) is 0 Å². The van der Waals surface area contributed by atoms with Crippen LogP contribution in [0.15, 0.2) is 23.6 Å². The van der Waals surface area contributed by atoms with Crippen molar-refractivity contribution in [2.45, 2.75) is 78.0 Å². The van der Waals surface area contributed by atoms with Crippen molar-refractivity contribution in [1.29, 1.82) is 0 Å². The Hall–Kier alpha value is -1.41. The first kappa shape index (κ1) is 36.8. The van der Waals surface area contributed by atoms with E-state index in [2.05, 4.69) is 45.3 Å². The first-order valence-electron chi connectivity index (χ1n) is 15.4. The van der Waals surface area contributed by atoms with Gasteiger partial charge in [-0.3, -0.25) is 19.9 Å². The van der Waals surface area contributed by atoms with Gasteiger partial charge in [0.2, 0.25) is 10.0 Å². The van der Waals surface area contributed by atoms with Crippen molar-refractivity contribution in [3.05, 3.63) is 23.6 Å². The van der Waals surface area contributed by atoms with E-state index in [0.29, 0.717) is 38.0 Å². The maximum atomic E-state index is 11.3. The van der Waals surface area contributed by atoms with Gasteiger partial charge in [0.1, 0.15) is 6.10 Å². The minimum Gasteiger partial charge on any atom is -0.481 e. The standard InChI is InChI=1S/C29H55ClN6O5S/c1-5-28(35-19-17-33(18-20-35)16-11-29(37)38)32-22-25(3)41-26(4)36(13-7-6-8-24(2)30)23-34-14-9-27(10-15-34)12-21-42(31,39)40/h8,25,27-28,32H,4-7,9-23H2,1-3H3,(H,37,38)(H2,31,39,40)/b24-8+. The molecular weight excluding hydrogens is 580 g/mol. The fourth-order valence-corrected chi connectivity index (χ4v) is 6.35. The fourth-order valence-electron chi connectivity index (χ4n) is 5.58. The highest BCUT2D eigenvalue weighted by atomic mass is 35.5. The van der Waals surface area contributed by atoms with E-state index in [9.17, 15) is 13.2 Å². The molecule has 0 bridgehead atoms. The molecule has 2 unspecified atom stereocenters. The van der Waals surface area contributed by atoms with Crippen LogP contribution in [-0.2, 0) is 19.6 Å². The van der Waals surface area contributed by atoms with Crippen molar-refractivity contribution < 1.29 is 23.1 Å². The number of allylic oxidation sites excluding steroid dienone is 2. The number of nitrogens with one attached hydrogen (secondary N) is 1. The number of unbranched alkanes of at least 4 members (excludes halogenated alkanes) is 1. The molecule has 42 heavy (non-hydrogen) atoms. The number of piperidine rings is 1. The van der Waals surface area contributed by atoms with Crippen molar-refractivity contribution in [2.24, 2.45) is 11.1 Å². The van der Waals surface area contributed by atoms with Gasteiger partial charge < -0.3 is 19.6 Å². The second-order valence-corrected chi connectivity index (χ2v) is 14.1. The highest BCUT2D eigenvalue weighted by Gasteiger charge is 2.25. The molecule has 2 heterocycles. The molecule has 0 aromatic rings. The monoisotopic (exact) mass is 634 g/mol. The molecule has 0 radical (unpaired) electrons. The Balaban J connectivity index is 1.83. The number of primary sulfonamides is 1. The van der Waals surface area contributed by atoms with Gasteiger partial charge in [-0.1, -0.05) is 24.6 Å². The molecule has 13 heteroatoms. The molecule has 0 amide bonds. The molecule has 0 spiro atoms. The van der Waals surface area contributed by atoms with Crippen LogP contribution >= 0.6 is 11.6 Å². The molecule has 2 saturated heterocycles. The summed E-state index contributed by atoms with van der Waals surface area (Å²) in [7, 11) is -3.42. The van der Waals surface area contributed by atoms with Crippen LogP contribution in [0.25, 0.3) is 0 Å². The number of carbonyl (C=O) groups is 1. The number of ether oxygens (including phenoxy) is 1. The normalized spacial score (nSPS) is 19.9.